The van der Waals surface area contributed by atoms with E-state index in [0.29, 0.717) is 6.04 Å². The van der Waals surface area contributed by atoms with Crippen molar-refractivity contribution in [2.45, 2.75) is 19.4 Å². The van der Waals surface area contributed by atoms with Gasteiger partial charge in [-0.05, 0) is 18.6 Å². The van der Waals surface area contributed by atoms with Crippen LogP contribution in [0.5, 0.6) is 0 Å². The van der Waals surface area contributed by atoms with Crippen molar-refractivity contribution in [2.24, 2.45) is 0 Å². The molecule has 1 aliphatic rings. The Balaban J connectivity index is 2.04. The molecular formula is C11H17N3. The molecule has 1 aromatic heterocycles. The van der Waals surface area contributed by atoms with Crippen LogP contribution >= 0.6 is 0 Å². The van der Waals surface area contributed by atoms with Crippen LogP contribution in [0.4, 0.5) is 5.69 Å². The minimum atomic E-state index is 0.636. The largest absolute Gasteiger partial charge is 0.369 e. The lowest BCUT2D eigenvalue weighted by Gasteiger charge is -2.34. The Morgan fingerprint density at radius 1 is 1.50 bits per heavy atom. The predicted octanol–water partition coefficient (Wildman–Crippen LogP) is 1.27. The van der Waals surface area contributed by atoms with Crippen LogP contribution in [0.25, 0.3) is 0 Å². The first kappa shape index (κ1) is 9.46. The van der Waals surface area contributed by atoms with Gasteiger partial charge in [-0.2, -0.15) is 0 Å². The standard InChI is InChI=1S/C11H17N3/c1-2-10-9-14(8-7-13-10)11-3-5-12-6-4-11/h3-6,10,13H,2,7-9H2,1H3. The maximum absolute atomic E-state index is 4.04. The molecule has 1 N–H and O–H groups in total. The van der Waals surface area contributed by atoms with Crippen LogP contribution in [0.2, 0.25) is 0 Å². The fourth-order valence-electron chi connectivity index (χ4n) is 1.89. The molecule has 1 unspecified atom stereocenters. The Morgan fingerprint density at radius 2 is 2.29 bits per heavy atom. The first-order chi connectivity index (χ1) is 6.90. The second-order valence-electron chi connectivity index (χ2n) is 3.71. The van der Waals surface area contributed by atoms with Gasteiger partial charge in [-0.1, -0.05) is 6.92 Å². The first-order valence-electron chi connectivity index (χ1n) is 5.28. The summed E-state index contributed by atoms with van der Waals surface area (Å²) in [5.41, 5.74) is 1.29. The molecule has 0 spiro atoms. The van der Waals surface area contributed by atoms with Gasteiger partial charge >= 0.3 is 0 Å². The highest BCUT2D eigenvalue weighted by atomic mass is 15.2. The van der Waals surface area contributed by atoms with Gasteiger partial charge in [0.2, 0.25) is 0 Å². The van der Waals surface area contributed by atoms with E-state index in [1.807, 2.05) is 12.4 Å². The lowest BCUT2D eigenvalue weighted by Crippen LogP contribution is -2.50. The molecule has 1 saturated heterocycles. The fraction of sp³-hybridized carbons (Fsp3) is 0.545. The van der Waals surface area contributed by atoms with Gasteiger partial charge in [-0.25, -0.2) is 0 Å². The van der Waals surface area contributed by atoms with Gasteiger partial charge in [0, 0.05) is 43.8 Å². The van der Waals surface area contributed by atoms with Gasteiger partial charge < -0.3 is 10.2 Å². The van der Waals surface area contributed by atoms with Crippen molar-refractivity contribution in [3.05, 3.63) is 24.5 Å². The van der Waals surface area contributed by atoms with Crippen LogP contribution in [0, 0.1) is 0 Å². The highest BCUT2D eigenvalue weighted by Gasteiger charge is 2.17. The Bertz CT molecular complexity index is 273. The summed E-state index contributed by atoms with van der Waals surface area (Å²) in [4.78, 5) is 6.46. The van der Waals surface area contributed by atoms with Crippen molar-refractivity contribution in [1.29, 1.82) is 0 Å². The molecule has 0 saturated carbocycles. The van der Waals surface area contributed by atoms with E-state index in [1.54, 1.807) is 0 Å². The van der Waals surface area contributed by atoms with E-state index in [0.717, 1.165) is 19.6 Å². The van der Waals surface area contributed by atoms with Gasteiger partial charge in [-0.15, -0.1) is 0 Å². The molecule has 3 nitrogen and oxygen atoms in total. The van der Waals surface area contributed by atoms with E-state index in [2.05, 4.69) is 34.3 Å². The van der Waals surface area contributed by atoms with Crippen molar-refractivity contribution < 1.29 is 0 Å². The second kappa shape index (κ2) is 4.42. The molecule has 3 heteroatoms. The number of anilines is 1. The molecule has 76 valence electrons. The number of aromatic nitrogens is 1. The van der Waals surface area contributed by atoms with Gasteiger partial charge in [0.1, 0.15) is 0 Å². The molecule has 0 bridgehead atoms. The number of piperazine rings is 1. The van der Waals surface area contributed by atoms with Crippen LogP contribution in [0.3, 0.4) is 0 Å². The minimum Gasteiger partial charge on any atom is -0.369 e. The minimum absolute atomic E-state index is 0.636. The molecule has 0 aromatic carbocycles. The van der Waals surface area contributed by atoms with E-state index in [-0.39, 0.29) is 0 Å². The number of nitrogens with one attached hydrogen (secondary N) is 1. The van der Waals surface area contributed by atoms with Crippen LogP contribution in [-0.4, -0.2) is 30.7 Å². The average molecular weight is 191 g/mol. The molecule has 1 aromatic rings. The van der Waals surface area contributed by atoms with Crippen molar-refractivity contribution in [1.82, 2.24) is 10.3 Å². The van der Waals surface area contributed by atoms with Crippen molar-refractivity contribution >= 4 is 5.69 Å². The first-order valence-corrected chi connectivity index (χ1v) is 5.28. The van der Waals surface area contributed by atoms with E-state index in [4.69, 9.17) is 0 Å². The predicted molar refractivity (Wildman–Crippen MR) is 58.5 cm³/mol. The third-order valence-electron chi connectivity index (χ3n) is 2.78. The lowest BCUT2D eigenvalue weighted by molar-refractivity contribution is 0.447. The van der Waals surface area contributed by atoms with E-state index in [9.17, 15) is 0 Å². The highest BCUT2D eigenvalue weighted by molar-refractivity contribution is 5.45. The number of rotatable bonds is 2. The Labute approximate surface area is 85.1 Å². The summed E-state index contributed by atoms with van der Waals surface area (Å²) < 4.78 is 0. The molecule has 0 amide bonds. The summed E-state index contributed by atoms with van der Waals surface area (Å²) in [6.45, 7) is 5.52. The van der Waals surface area contributed by atoms with Crippen LogP contribution in [0.1, 0.15) is 13.3 Å². The van der Waals surface area contributed by atoms with Crippen molar-refractivity contribution in [3.63, 3.8) is 0 Å². The van der Waals surface area contributed by atoms with Gasteiger partial charge in [0.25, 0.3) is 0 Å². The zero-order valence-corrected chi connectivity index (χ0v) is 8.61. The van der Waals surface area contributed by atoms with Gasteiger partial charge in [0.15, 0.2) is 0 Å². The van der Waals surface area contributed by atoms with Gasteiger partial charge in [0.05, 0.1) is 0 Å². The molecule has 0 radical (unpaired) electrons. The van der Waals surface area contributed by atoms with Crippen LogP contribution < -0.4 is 10.2 Å². The maximum atomic E-state index is 4.04. The normalized spacial score (nSPS) is 22.4. The van der Waals surface area contributed by atoms with E-state index in [1.165, 1.54) is 12.1 Å². The number of hydrogen-bond acceptors (Lipinski definition) is 3. The fourth-order valence-corrected chi connectivity index (χ4v) is 1.89. The van der Waals surface area contributed by atoms with E-state index < -0.39 is 0 Å². The number of hydrogen-bond donors (Lipinski definition) is 1. The monoisotopic (exact) mass is 191 g/mol. The van der Waals surface area contributed by atoms with Crippen LogP contribution in [-0.2, 0) is 0 Å². The third kappa shape index (κ3) is 2.04. The summed E-state index contributed by atoms with van der Waals surface area (Å²) >= 11 is 0. The topological polar surface area (TPSA) is 28.2 Å². The Morgan fingerprint density at radius 3 is 3.00 bits per heavy atom. The maximum Gasteiger partial charge on any atom is 0.0398 e. The van der Waals surface area contributed by atoms with Gasteiger partial charge in [-0.3, -0.25) is 4.98 Å². The highest BCUT2D eigenvalue weighted by Crippen LogP contribution is 2.14. The zero-order chi connectivity index (χ0) is 9.80. The summed E-state index contributed by atoms with van der Waals surface area (Å²) in [6, 6.07) is 4.80. The number of pyridine rings is 1. The van der Waals surface area contributed by atoms with E-state index >= 15 is 0 Å². The SMILES string of the molecule is CCC1CN(c2ccncc2)CCN1. The summed E-state index contributed by atoms with van der Waals surface area (Å²) in [5.74, 6) is 0. The average Bonchev–Trinajstić information content (AvgIpc) is 2.30. The second-order valence-corrected chi connectivity index (χ2v) is 3.71. The molecule has 2 rings (SSSR count). The molecular weight excluding hydrogens is 174 g/mol. The Kier molecular flexibility index (Phi) is 2.99. The molecule has 2 heterocycles. The molecule has 0 aliphatic carbocycles. The summed E-state index contributed by atoms with van der Waals surface area (Å²) in [6.07, 6.45) is 4.91. The lowest BCUT2D eigenvalue weighted by atomic mass is 10.1. The Hall–Kier alpha value is -1.09. The molecule has 1 fully saturated rings. The molecule has 1 atom stereocenters. The van der Waals surface area contributed by atoms with Crippen LogP contribution in [0.15, 0.2) is 24.5 Å². The summed E-state index contributed by atoms with van der Waals surface area (Å²) in [5, 5.41) is 3.51. The quantitative estimate of drug-likeness (QED) is 0.763. The van der Waals surface area contributed by atoms with Crippen molar-refractivity contribution in [2.75, 3.05) is 24.5 Å². The molecule has 14 heavy (non-hydrogen) atoms. The third-order valence-corrected chi connectivity index (χ3v) is 2.78. The smallest absolute Gasteiger partial charge is 0.0398 e. The van der Waals surface area contributed by atoms with Crippen molar-refractivity contribution in [3.8, 4) is 0 Å². The number of nitrogens with zero attached hydrogens (tertiary/aromatic N) is 2. The zero-order valence-electron chi connectivity index (χ0n) is 8.61. The molecule has 1 aliphatic heterocycles. The summed E-state index contributed by atoms with van der Waals surface area (Å²) in [7, 11) is 0.